The minimum atomic E-state index is -0.116. The van der Waals surface area contributed by atoms with Gasteiger partial charge in [-0.3, -0.25) is 0 Å². The van der Waals surface area contributed by atoms with Gasteiger partial charge >= 0.3 is 5.71 Å². The van der Waals surface area contributed by atoms with Crippen molar-refractivity contribution in [2.45, 2.75) is 0 Å². The molecule has 0 heterocycles. The number of carbonyl (C=O) groups is 1. The van der Waals surface area contributed by atoms with Crippen LogP contribution in [0.4, 0.5) is 4.79 Å². The van der Waals surface area contributed by atoms with Gasteiger partial charge in [-0.15, -0.1) is 0 Å². The van der Waals surface area contributed by atoms with E-state index in [0.29, 0.717) is 6.35 Å². The summed E-state index contributed by atoms with van der Waals surface area (Å²) in [5, 5.41) is 0. The fourth-order valence-electron chi connectivity index (χ4n) is 0.148. The predicted molar refractivity (Wildman–Crippen MR) is 35.3 cm³/mol. The molecule has 7 heavy (non-hydrogen) atoms. The van der Waals surface area contributed by atoms with Crippen LogP contribution in [0.1, 0.15) is 0 Å². The van der Waals surface area contributed by atoms with Crippen LogP contribution in [-0.2, 0) is 4.74 Å². The van der Waals surface area contributed by atoms with E-state index in [1.165, 1.54) is 0 Å². The van der Waals surface area contributed by atoms with Crippen molar-refractivity contribution in [2.75, 3.05) is 13.0 Å². The average molecular weight is 138 g/mol. The Kier molecular flexibility index (Phi) is 4.70. The van der Waals surface area contributed by atoms with Crippen molar-refractivity contribution in [3.8, 4) is 0 Å². The van der Waals surface area contributed by atoms with Crippen LogP contribution in [0.3, 0.4) is 0 Å². The van der Waals surface area contributed by atoms with Crippen molar-refractivity contribution in [1.29, 1.82) is 0 Å². The Balaban J connectivity index is 3.00. The Morgan fingerprint density at radius 3 is 2.71 bits per heavy atom. The summed E-state index contributed by atoms with van der Waals surface area (Å²) >= 11 is 0. The molecule has 2 unspecified atom stereocenters. The van der Waals surface area contributed by atoms with Gasteiger partial charge in [0, 0.05) is 0 Å². The minimum absolute atomic E-state index is 0.116. The van der Waals surface area contributed by atoms with E-state index < -0.39 is 0 Å². The molecule has 0 aromatic heterocycles. The molecule has 0 bridgehead atoms. The fourth-order valence-corrected chi connectivity index (χ4v) is 0.694. The molecule has 0 aliphatic rings. The largest absolute Gasteiger partial charge is 0.459 e. The van der Waals surface area contributed by atoms with Crippen LogP contribution in [0.2, 0.25) is 0 Å². The van der Waals surface area contributed by atoms with Crippen molar-refractivity contribution >= 4 is 23.5 Å². The molecule has 4 heteroatoms. The summed E-state index contributed by atoms with van der Waals surface area (Å²) in [6.45, 7) is 1.79. The minimum Gasteiger partial charge on any atom is -0.459 e. The summed E-state index contributed by atoms with van der Waals surface area (Å²) in [7, 11) is 2.58. The van der Waals surface area contributed by atoms with E-state index in [1.807, 2.05) is 0 Å². The van der Waals surface area contributed by atoms with Crippen LogP contribution in [0, 0.1) is 0 Å². The van der Waals surface area contributed by atoms with Gasteiger partial charge in [0.15, 0.2) is 0 Å². The summed E-state index contributed by atoms with van der Waals surface area (Å²) in [5.41, 5.74) is -0.116. The molecule has 2 atom stereocenters. The summed E-state index contributed by atoms with van der Waals surface area (Å²) < 4.78 is 4.53. The first-order valence-corrected chi connectivity index (χ1v) is 4.17. The first kappa shape index (κ1) is 7.33. The number of hydrogen-bond donors (Lipinski definition) is 0. The zero-order chi connectivity index (χ0) is 5.70. The highest BCUT2D eigenvalue weighted by molar-refractivity contribution is 7.56. The highest BCUT2D eigenvalue weighted by atomic mass is 31.1. The Morgan fingerprint density at radius 2 is 2.57 bits per heavy atom. The molecule has 0 amide bonds. The standard InChI is InChI=1S/C3H8O2P2/c1-7-3(4)5-2-6/h7H,2,6H2,1H3. The maximum Gasteiger partial charge on any atom is 0.323 e. The van der Waals surface area contributed by atoms with Crippen LogP contribution in [-0.4, -0.2) is 18.7 Å². The Hall–Kier alpha value is 0.330. The van der Waals surface area contributed by atoms with Crippen LogP contribution < -0.4 is 0 Å². The maximum atomic E-state index is 10.2. The van der Waals surface area contributed by atoms with Gasteiger partial charge in [-0.1, -0.05) is 9.24 Å². The quantitative estimate of drug-likeness (QED) is 0.537. The van der Waals surface area contributed by atoms with Crippen molar-refractivity contribution in [1.82, 2.24) is 0 Å². The third-order valence-electron chi connectivity index (χ3n) is 0.419. The van der Waals surface area contributed by atoms with Gasteiger partial charge in [0.2, 0.25) is 0 Å². The van der Waals surface area contributed by atoms with E-state index >= 15 is 0 Å². The topological polar surface area (TPSA) is 26.3 Å². The monoisotopic (exact) mass is 138 g/mol. The Bertz CT molecular complexity index is 64.0. The number of carbonyl (C=O) groups excluding carboxylic acids is 1. The lowest BCUT2D eigenvalue weighted by molar-refractivity contribution is 0.194. The fraction of sp³-hybridized carbons (Fsp3) is 0.667. The molecule has 0 fully saturated rings. The van der Waals surface area contributed by atoms with Gasteiger partial charge in [0.05, 0.1) is 0 Å². The van der Waals surface area contributed by atoms with E-state index in [4.69, 9.17) is 0 Å². The third-order valence-corrected chi connectivity index (χ3v) is 1.14. The summed E-state index contributed by atoms with van der Waals surface area (Å²) in [6.07, 6.45) is 0.416. The van der Waals surface area contributed by atoms with E-state index in [9.17, 15) is 4.79 Å². The zero-order valence-corrected chi connectivity index (χ0v) is 6.26. The second kappa shape index (κ2) is 4.49. The van der Waals surface area contributed by atoms with Crippen molar-refractivity contribution in [3.05, 3.63) is 0 Å². The Morgan fingerprint density at radius 1 is 2.00 bits per heavy atom. The predicted octanol–water partition coefficient (Wildman–Crippen LogP) is 1.26. The van der Waals surface area contributed by atoms with Gasteiger partial charge in [-0.05, 0) is 15.2 Å². The maximum absolute atomic E-state index is 10.2. The van der Waals surface area contributed by atoms with Gasteiger partial charge < -0.3 is 4.74 Å². The van der Waals surface area contributed by atoms with E-state index in [0.717, 1.165) is 0 Å². The van der Waals surface area contributed by atoms with Gasteiger partial charge in [0.25, 0.3) is 0 Å². The summed E-state index contributed by atoms with van der Waals surface area (Å²) in [5.74, 6) is 0. The number of ether oxygens (including phenoxy) is 1. The highest BCUT2D eigenvalue weighted by Crippen LogP contribution is 2.06. The lowest BCUT2D eigenvalue weighted by atomic mass is 11.5. The molecule has 0 aliphatic carbocycles. The van der Waals surface area contributed by atoms with Crippen LogP contribution in [0.5, 0.6) is 0 Å². The smallest absolute Gasteiger partial charge is 0.323 e. The van der Waals surface area contributed by atoms with Crippen LogP contribution in [0.25, 0.3) is 0 Å². The molecule has 0 saturated carbocycles. The van der Waals surface area contributed by atoms with Crippen molar-refractivity contribution in [2.24, 2.45) is 0 Å². The second-order valence-corrected chi connectivity index (χ2v) is 2.09. The first-order chi connectivity index (χ1) is 3.31. The van der Waals surface area contributed by atoms with Gasteiger partial charge in [-0.2, -0.15) is 0 Å². The molecule has 0 aliphatic heterocycles. The molecule has 0 aromatic rings. The molecule has 0 N–H and O–H groups in total. The molecule has 0 aromatic carbocycles. The molecule has 0 rings (SSSR count). The SMILES string of the molecule is CPC(=O)OCP. The second-order valence-electron chi connectivity index (χ2n) is 0.848. The molecular formula is C3H8O2P2. The number of rotatable bonds is 2. The molecule has 2 nitrogen and oxygen atoms in total. The molecule has 0 spiro atoms. The van der Waals surface area contributed by atoms with Gasteiger partial charge in [-0.25, -0.2) is 4.79 Å². The van der Waals surface area contributed by atoms with Crippen LogP contribution in [0.15, 0.2) is 0 Å². The van der Waals surface area contributed by atoms with E-state index in [-0.39, 0.29) is 14.3 Å². The van der Waals surface area contributed by atoms with E-state index in [1.54, 1.807) is 6.66 Å². The molecule has 42 valence electrons. The first-order valence-electron chi connectivity index (χ1n) is 1.86. The summed E-state index contributed by atoms with van der Waals surface area (Å²) in [4.78, 5) is 10.2. The number of hydrogen-bond acceptors (Lipinski definition) is 2. The lowest BCUT2D eigenvalue weighted by Crippen LogP contribution is -1.89. The third kappa shape index (κ3) is 4.18. The molecule has 0 radical (unpaired) electrons. The van der Waals surface area contributed by atoms with Crippen molar-refractivity contribution in [3.63, 3.8) is 0 Å². The molecular weight excluding hydrogens is 130 g/mol. The van der Waals surface area contributed by atoms with Crippen LogP contribution >= 0.6 is 17.8 Å². The Labute approximate surface area is 47.0 Å². The highest BCUT2D eigenvalue weighted by Gasteiger charge is 1.90. The normalized spacial score (nSPS) is 10.0. The lowest BCUT2D eigenvalue weighted by Gasteiger charge is -1.93. The van der Waals surface area contributed by atoms with Crippen molar-refractivity contribution < 1.29 is 9.53 Å². The average Bonchev–Trinajstić information content (AvgIpc) is 1.68. The van der Waals surface area contributed by atoms with E-state index in [2.05, 4.69) is 14.0 Å². The zero-order valence-electron chi connectivity index (χ0n) is 4.10. The summed E-state index contributed by atoms with van der Waals surface area (Å²) in [6, 6.07) is 0. The molecule has 0 saturated heterocycles. The van der Waals surface area contributed by atoms with Gasteiger partial charge in [0.1, 0.15) is 6.35 Å².